The molecule has 0 unspecified atom stereocenters. The summed E-state index contributed by atoms with van der Waals surface area (Å²) >= 11 is 5.33. The molecule has 70 valence electrons. The summed E-state index contributed by atoms with van der Waals surface area (Å²) in [5.74, 6) is -0.217. The molecular weight excluding hydrogens is 178 g/mol. The fraction of sp³-hybridized carbons (Fsp3) is 0.875. The van der Waals surface area contributed by atoms with Gasteiger partial charge < -0.3 is 10.4 Å². The maximum atomic E-state index is 10.9. The van der Waals surface area contributed by atoms with Crippen molar-refractivity contribution >= 4 is 17.5 Å². The van der Waals surface area contributed by atoms with Crippen LogP contribution < -0.4 is 5.32 Å². The van der Waals surface area contributed by atoms with Gasteiger partial charge in [0.2, 0.25) is 5.91 Å². The number of aliphatic hydroxyl groups is 1. The molecular formula is C8H14ClNO2. The van der Waals surface area contributed by atoms with Crippen molar-refractivity contribution in [1.82, 2.24) is 5.32 Å². The van der Waals surface area contributed by atoms with E-state index in [0.717, 1.165) is 25.7 Å². The Kier molecular flexibility index (Phi) is 3.82. The van der Waals surface area contributed by atoms with Gasteiger partial charge in [0, 0.05) is 0 Å². The van der Waals surface area contributed by atoms with Crippen LogP contribution in [0.1, 0.15) is 25.7 Å². The van der Waals surface area contributed by atoms with Gasteiger partial charge in [-0.1, -0.05) is 12.8 Å². The molecule has 1 saturated carbocycles. The zero-order valence-corrected chi connectivity index (χ0v) is 7.68. The van der Waals surface area contributed by atoms with Gasteiger partial charge in [-0.25, -0.2) is 0 Å². The van der Waals surface area contributed by atoms with Crippen LogP contribution in [0.3, 0.4) is 0 Å². The van der Waals surface area contributed by atoms with Crippen LogP contribution in [0.15, 0.2) is 0 Å². The Balaban J connectivity index is 2.33. The minimum atomic E-state index is -0.383. The quantitative estimate of drug-likeness (QED) is 0.630. The van der Waals surface area contributed by atoms with Crippen LogP contribution in [-0.4, -0.2) is 29.0 Å². The van der Waals surface area contributed by atoms with E-state index in [0.29, 0.717) is 0 Å². The number of amides is 1. The summed E-state index contributed by atoms with van der Waals surface area (Å²) in [6.07, 6.45) is 3.39. The van der Waals surface area contributed by atoms with Crippen LogP contribution in [0, 0.1) is 0 Å². The molecule has 0 aromatic carbocycles. The molecule has 2 atom stereocenters. The van der Waals surface area contributed by atoms with Crippen molar-refractivity contribution in [2.45, 2.75) is 37.8 Å². The van der Waals surface area contributed by atoms with Crippen molar-refractivity contribution in [2.24, 2.45) is 0 Å². The van der Waals surface area contributed by atoms with Gasteiger partial charge in [0.15, 0.2) is 0 Å². The molecule has 0 aromatic rings. The molecule has 1 amide bonds. The number of rotatable bonds is 2. The van der Waals surface area contributed by atoms with E-state index in [1.807, 2.05) is 0 Å². The second kappa shape index (κ2) is 4.67. The predicted octanol–water partition coefficient (Wildman–Crippen LogP) is 0.645. The first kappa shape index (κ1) is 9.81. The SMILES string of the molecule is O=C(CCl)N[C@@H]1CCCC[C@H]1O. The van der Waals surface area contributed by atoms with E-state index < -0.39 is 0 Å². The third-order valence-electron chi connectivity index (χ3n) is 2.20. The number of hydrogen-bond donors (Lipinski definition) is 2. The molecule has 0 spiro atoms. The Morgan fingerprint density at radius 1 is 1.50 bits per heavy atom. The second-order valence-electron chi connectivity index (χ2n) is 3.16. The van der Waals surface area contributed by atoms with Gasteiger partial charge in [-0.2, -0.15) is 0 Å². The average Bonchev–Trinajstić information content (AvgIpc) is 2.09. The molecule has 3 nitrogen and oxygen atoms in total. The first-order valence-corrected chi connectivity index (χ1v) is 4.81. The van der Waals surface area contributed by atoms with Gasteiger partial charge in [0.1, 0.15) is 5.88 Å². The van der Waals surface area contributed by atoms with E-state index in [1.54, 1.807) is 0 Å². The van der Waals surface area contributed by atoms with Crippen LogP contribution in [0.4, 0.5) is 0 Å². The molecule has 0 aliphatic heterocycles. The van der Waals surface area contributed by atoms with Crippen LogP contribution in [0.5, 0.6) is 0 Å². The second-order valence-corrected chi connectivity index (χ2v) is 3.43. The first-order chi connectivity index (χ1) is 5.74. The summed E-state index contributed by atoms with van der Waals surface area (Å²) in [5, 5.41) is 12.2. The van der Waals surface area contributed by atoms with Gasteiger partial charge in [-0.3, -0.25) is 4.79 Å². The minimum Gasteiger partial charge on any atom is -0.391 e. The van der Waals surface area contributed by atoms with Gasteiger partial charge >= 0.3 is 0 Å². The largest absolute Gasteiger partial charge is 0.391 e. The maximum Gasteiger partial charge on any atom is 0.235 e. The zero-order valence-electron chi connectivity index (χ0n) is 6.92. The van der Waals surface area contributed by atoms with Crippen molar-refractivity contribution in [3.63, 3.8) is 0 Å². The summed E-state index contributed by atoms with van der Waals surface area (Å²) < 4.78 is 0. The van der Waals surface area contributed by atoms with Crippen LogP contribution in [0.25, 0.3) is 0 Å². The molecule has 1 fully saturated rings. The number of halogens is 1. The third kappa shape index (κ3) is 2.64. The number of carbonyl (C=O) groups is 1. The standard InChI is InChI=1S/C8H14ClNO2/c9-5-8(12)10-6-3-1-2-4-7(6)11/h6-7,11H,1-5H2,(H,10,12)/t6-,7-/m1/s1. The number of aliphatic hydroxyl groups excluding tert-OH is 1. The Labute approximate surface area is 77.1 Å². The molecule has 0 aromatic heterocycles. The third-order valence-corrected chi connectivity index (χ3v) is 2.44. The van der Waals surface area contributed by atoms with E-state index >= 15 is 0 Å². The highest BCUT2D eigenvalue weighted by molar-refractivity contribution is 6.27. The summed E-state index contributed by atoms with van der Waals surface area (Å²) in [4.78, 5) is 10.9. The van der Waals surface area contributed by atoms with Crippen LogP contribution in [-0.2, 0) is 4.79 Å². The summed E-state index contributed by atoms with van der Waals surface area (Å²) in [6, 6.07) is -0.0787. The fourth-order valence-electron chi connectivity index (χ4n) is 1.53. The van der Waals surface area contributed by atoms with Crippen molar-refractivity contribution < 1.29 is 9.90 Å². The molecule has 0 bridgehead atoms. The smallest absolute Gasteiger partial charge is 0.235 e. The molecule has 1 aliphatic carbocycles. The lowest BCUT2D eigenvalue weighted by Gasteiger charge is -2.27. The Bertz CT molecular complexity index is 163. The highest BCUT2D eigenvalue weighted by atomic mass is 35.5. The zero-order chi connectivity index (χ0) is 8.97. The maximum absolute atomic E-state index is 10.9. The Morgan fingerprint density at radius 3 is 2.75 bits per heavy atom. The van der Waals surface area contributed by atoms with Gasteiger partial charge in [-0.15, -0.1) is 11.6 Å². The molecule has 1 aliphatic rings. The number of alkyl halides is 1. The van der Waals surface area contributed by atoms with E-state index in [-0.39, 0.29) is 23.9 Å². The minimum absolute atomic E-state index is 0.0246. The number of hydrogen-bond acceptors (Lipinski definition) is 2. The van der Waals surface area contributed by atoms with Crippen molar-refractivity contribution in [2.75, 3.05) is 5.88 Å². The highest BCUT2D eigenvalue weighted by Crippen LogP contribution is 2.18. The first-order valence-electron chi connectivity index (χ1n) is 4.27. The van der Waals surface area contributed by atoms with Crippen molar-refractivity contribution in [3.05, 3.63) is 0 Å². The Morgan fingerprint density at radius 2 is 2.17 bits per heavy atom. The van der Waals surface area contributed by atoms with E-state index in [2.05, 4.69) is 5.32 Å². The average molecular weight is 192 g/mol. The molecule has 0 heterocycles. The Hall–Kier alpha value is -0.280. The van der Waals surface area contributed by atoms with E-state index in [1.165, 1.54) is 0 Å². The molecule has 12 heavy (non-hydrogen) atoms. The van der Waals surface area contributed by atoms with Gasteiger partial charge in [0.25, 0.3) is 0 Å². The number of nitrogens with one attached hydrogen (secondary N) is 1. The molecule has 1 rings (SSSR count). The van der Waals surface area contributed by atoms with Crippen molar-refractivity contribution in [3.8, 4) is 0 Å². The highest BCUT2D eigenvalue weighted by Gasteiger charge is 2.23. The summed E-state index contributed by atoms with van der Waals surface area (Å²) in [6.45, 7) is 0. The van der Waals surface area contributed by atoms with E-state index in [4.69, 9.17) is 11.6 Å². The predicted molar refractivity (Wildman–Crippen MR) is 47.1 cm³/mol. The monoisotopic (exact) mass is 191 g/mol. The topological polar surface area (TPSA) is 49.3 Å². The normalized spacial score (nSPS) is 29.8. The lowest BCUT2D eigenvalue weighted by molar-refractivity contribution is -0.120. The van der Waals surface area contributed by atoms with Gasteiger partial charge in [-0.05, 0) is 12.8 Å². The van der Waals surface area contributed by atoms with Crippen LogP contribution in [0.2, 0.25) is 0 Å². The summed E-state index contributed by atoms with van der Waals surface area (Å²) in [5.41, 5.74) is 0. The lowest BCUT2D eigenvalue weighted by atomic mass is 9.93. The molecule has 4 heteroatoms. The number of carbonyl (C=O) groups excluding carboxylic acids is 1. The lowest BCUT2D eigenvalue weighted by Crippen LogP contribution is -2.45. The van der Waals surface area contributed by atoms with Gasteiger partial charge in [0.05, 0.1) is 12.1 Å². The molecule has 0 saturated heterocycles. The fourth-order valence-corrected chi connectivity index (χ4v) is 1.60. The van der Waals surface area contributed by atoms with Crippen LogP contribution >= 0.6 is 11.6 Å². The van der Waals surface area contributed by atoms with Crippen molar-refractivity contribution in [1.29, 1.82) is 0 Å². The molecule has 2 N–H and O–H groups in total. The molecule has 0 radical (unpaired) electrons. The summed E-state index contributed by atoms with van der Waals surface area (Å²) in [7, 11) is 0. The van der Waals surface area contributed by atoms with E-state index in [9.17, 15) is 9.90 Å².